The lowest BCUT2D eigenvalue weighted by Crippen LogP contribution is -2.26. The molecule has 2 heterocycles. The number of nitrogens with zero attached hydrogens (tertiary/aromatic N) is 1. The maximum absolute atomic E-state index is 13.3. The third-order valence-corrected chi connectivity index (χ3v) is 7.91. The highest BCUT2D eigenvalue weighted by Gasteiger charge is 2.23. The van der Waals surface area contributed by atoms with Crippen LogP contribution < -0.4 is 14.8 Å². The van der Waals surface area contributed by atoms with Crippen molar-refractivity contribution in [3.63, 3.8) is 0 Å². The van der Waals surface area contributed by atoms with Gasteiger partial charge in [0, 0.05) is 34.3 Å². The molecule has 0 saturated carbocycles. The number of benzene rings is 4. The van der Waals surface area contributed by atoms with Crippen LogP contribution in [0, 0.1) is 13.8 Å². The average molecular weight is 547 g/mol. The highest BCUT2D eigenvalue weighted by atomic mass is 16.7. The van der Waals surface area contributed by atoms with Crippen molar-refractivity contribution in [2.75, 3.05) is 6.79 Å². The first kappa shape index (κ1) is 26.2. The average Bonchev–Trinajstić information content (AvgIpc) is 3.56. The van der Waals surface area contributed by atoms with Crippen LogP contribution in [0.15, 0.2) is 84.9 Å². The zero-order valence-electron chi connectivity index (χ0n) is 23.1. The van der Waals surface area contributed by atoms with Crippen molar-refractivity contribution in [1.29, 1.82) is 0 Å². The lowest BCUT2D eigenvalue weighted by atomic mass is 9.99. The van der Waals surface area contributed by atoms with E-state index in [1.165, 1.54) is 0 Å². The Hall–Kier alpha value is -5.04. The number of rotatable bonds is 7. The molecule has 0 fully saturated rings. The van der Waals surface area contributed by atoms with Crippen LogP contribution in [0.2, 0.25) is 0 Å². The molecule has 1 aromatic heterocycles. The van der Waals surface area contributed by atoms with Gasteiger partial charge in [-0.3, -0.25) is 4.79 Å². The monoisotopic (exact) mass is 546 g/mol. The number of aromatic nitrogens is 1. The van der Waals surface area contributed by atoms with Gasteiger partial charge in [0.05, 0.1) is 11.6 Å². The fourth-order valence-electron chi connectivity index (χ4n) is 5.54. The smallest absolute Gasteiger partial charge is 0.336 e. The predicted octanol–water partition coefficient (Wildman–Crippen LogP) is 6.89. The van der Waals surface area contributed by atoms with Gasteiger partial charge in [0.2, 0.25) is 6.79 Å². The fraction of sp³-hybridized carbons (Fsp3) is 0.176. The Morgan fingerprint density at radius 3 is 2.51 bits per heavy atom. The van der Waals surface area contributed by atoms with E-state index in [4.69, 9.17) is 9.47 Å². The van der Waals surface area contributed by atoms with E-state index in [9.17, 15) is 14.7 Å². The van der Waals surface area contributed by atoms with Crippen LogP contribution in [-0.2, 0) is 6.54 Å². The lowest BCUT2D eigenvalue weighted by molar-refractivity contribution is 0.0697. The molecule has 0 radical (unpaired) electrons. The van der Waals surface area contributed by atoms with Crippen LogP contribution in [-0.4, -0.2) is 28.3 Å². The number of amides is 1. The fourth-order valence-corrected chi connectivity index (χ4v) is 5.54. The molecule has 1 atom stereocenters. The largest absolute Gasteiger partial charge is 0.478 e. The normalized spacial score (nSPS) is 12.9. The van der Waals surface area contributed by atoms with Crippen molar-refractivity contribution in [3.8, 4) is 22.6 Å². The first-order valence-corrected chi connectivity index (χ1v) is 13.5. The Bertz CT molecular complexity index is 1800. The topological polar surface area (TPSA) is 89.8 Å². The second kappa shape index (κ2) is 10.5. The second-order valence-corrected chi connectivity index (χ2v) is 10.4. The maximum Gasteiger partial charge on any atom is 0.336 e. The summed E-state index contributed by atoms with van der Waals surface area (Å²) < 4.78 is 13.3. The summed E-state index contributed by atoms with van der Waals surface area (Å²) in [6.45, 7) is 6.94. The number of carboxylic acid groups (broad SMARTS) is 1. The number of hydrogen-bond acceptors (Lipinski definition) is 4. The zero-order valence-corrected chi connectivity index (χ0v) is 23.1. The molecule has 1 aliphatic heterocycles. The number of carbonyl (C=O) groups is 2. The number of nitrogens with one attached hydrogen (secondary N) is 1. The SMILES string of the molecule is Cc1c(C)n(Cc2ccc(-c3ccccc3C(=O)O)cc2)c2ccc(C(=O)N[C@@H](C)c3cccc4c3OCO4)cc12. The molecule has 7 nitrogen and oxygen atoms in total. The molecule has 41 heavy (non-hydrogen) atoms. The summed E-state index contributed by atoms with van der Waals surface area (Å²) in [6.07, 6.45) is 0. The van der Waals surface area contributed by atoms with Gasteiger partial charge >= 0.3 is 5.97 Å². The van der Waals surface area contributed by atoms with Gasteiger partial charge < -0.3 is 24.5 Å². The molecule has 2 N–H and O–H groups in total. The van der Waals surface area contributed by atoms with Crippen molar-refractivity contribution in [3.05, 3.63) is 118 Å². The molecule has 4 aromatic carbocycles. The summed E-state index contributed by atoms with van der Waals surface area (Å²) in [7, 11) is 0. The van der Waals surface area contributed by atoms with E-state index in [1.807, 2.05) is 79.7 Å². The minimum atomic E-state index is -0.940. The van der Waals surface area contributed by atoms with Crippen LogP contribution in [0.1, 0.15) is 56.1 Å². The van der Waals surface area contributed by atoms with Crippen molar-refractivity contribution >= 4 is 22.8 Å². The van der Waals surface area contributed by atoms with Crippen LogP contribution in [0.3, 0.4) is 0 Å². The number of hydrogen-bond donors (Lipinski definition) is 2. The van der Waals surface area contributed by atoms with E-state index >= 15 is 0 Å². The maximum atomic E-state index is 13.3. The first-order chi connectivity index (χ1) is 19.8. The molecule has 0 saturated heterocycles. The van der Waals surface area contributed by atoms with Gasteiger partial charge in [-0.2, -0.15) is 0 Å². The van der Waals surface area contributed by atoms with E-state index in [0.29, 0.717) is 29.2 Å². The Morgan fingerprint density at radius 2 is 1.73 bits per heavy atom. The molecule has 0 aliphatic carbocycles. The van der Waals surface area contributed by atoms with E-state index in [1.54, 1.807) is 12.1 Å². The summed E-state index contributed by atoms with van der Waals surface area (Å²) in [4.78, 5) is 24.9. The molecule has 206 valence electrons. The van der Waals surface area contributed by atoms with Gasteiger partial charge in [-0.25, -0.2) is 4.79 Å². The van der Waals surface area contributed by atoms with Gasteiger partial charge in [-0.1, -0.05) is 54.6 Å². The number of aromatic carboxylic acids is 1. The molecular weight excluding hydrogens is 516 g/mol. The molecule has 6 rings (SSSR count). The zero-order chi connectivity index (χ0) is 28.7. The van der Waals surface area contributed by atoms with E-state index in [2.05, 4.69) is 23.7 Å². The molecule has 5 aromatic rings. The highest BCUT2D eigenvalue weighted by Crippen LogP contribution is 2.38. The first-order valence-electron chi connectivity index (χ1n) is 13.5. The lowest BCUT2D eigenvalue weighted by Gasteiger charge is -2.16. The standard InChI is InChI=1S/C34H30N2O5/c1-20-22(3)36(18-23-11-13-24(14-12-23)27-7-4-5-8-28(27)34(38)39)30-16-15-25(17-29(20)30)33(37)35-21(2)26-9-6-10-31-32(26)41-19-40-31/h4-17,21H,18-19H2,1-3H3,(H,35,37)(H,38,39)/t21-/m0/s1. The number of ether oxygens (including phenoxy) is 2. The van der Waals surface area contributed by atoms with E-state index < -0.39 is 5.97 Å². The van der Waals surface area contributed by atoms with Crippen LogP contribution in [0.4, 0.5) is 0 Å². The third kappa shape index (κ3) is 4.80. The van der Waals surface area contributed by atoms with Crippen molar-refractivity contribution in [2.45, 2.75) is 33.4 Å². The molecule has 0 bridgehead atoms. The molecule has 1 amide bonds. The summed E-state index contributed by atoms with van der Waals surface area (Å²) in [5, 5.41) is 13.7. The quantitative estimate of drug-likeness (QED) is 0.232. The van der Waals surface area contributed by atoms with E-state index in [-0.39, 0.29) is 24.3 Å². The molecule has 1 aliphatic rings. The van der Waals surface area contributed by atoms with Crippen molar-refractivity contribution in [1.82, 2.24) is 9.88 Å². The van der Waals surface area contributed by atoms with Crippen molar-refractivity contribution in [2.24, 2.45) is 0 Å². The number of aryl methyl sites for hydroxylation is 1. The van der Waals surface area contributed by atoms with E-state index in [0.717, 1.165) is 38.9 Å². The number of fused-ring (bicyclic) bond motifs is 2. The number of carboxylic acids is 1. The van der Waals surface area contributed by atoms with Gasteiger partial charge in [0.25, 0.3) is 5.91 Å². The summed E-state index contributed by atoms with van der Waals surface area (Å²) in [5.74, 6) is 0.276. The highest BCUT2D eigenvalue weighted by molar-refractivity contribution is 5.99. The summed E-state index contributed by atoms with van der Waals surface area (Å²) >= 11 is 0. The minimum absolute atomic E-state index is 0.155. The Balaban J connectivity index is 1.23. The Labute approximate surface area is 238 Å². The Morgan fingerprint density at radius 1 is 0.951 bits per heavy atom. The van der Waals surface area contributed by atoms with Crippen LogP contribution in [0.5, 0.6) is 11.5 Å². The predicted molar refractivity (Wildman–Crippen MR) is 158 cm³/mol. The number of para-hydroxylation sites is 1. The Kier molecular flexibility index (Phi) is 6.71. The van der Waals surface area contributed by atoms with Gasteiger partial charge in [0.1, 0.15) is 0 Å². The van der Waals surface area contributed by atoms with Crippen LogP contribution >= 0.6 is 0 Å². The molecule has 0 unspecified atom stereocenters. The molecule has 0 spiro atoms. The van der Waals surface area contributed by atoms with Gasteiger partial charge in [0.15, 0.2) is 11.5 Å². The van der Waals surface area contributed by atoms with Crippen LogP contribution in [0.25, 0.3) is 22.0 Å². The van der Waals surface area contributed by atoms with Gasteiger partial charge in [-0.15, -0.1) is 0 Å². The second-order valence-electron chi connectivity index (χ2n) is 10.4. The van der Waals surface area contributed by atoms with Crippen molar-refractivity contribution < 1.29 is 24.2 Å². The summed E-state index contributed by atoms with van der Waals surface area (Å²) in [6, 6.07) is 26.3. The summed E-state index contributed by atoms with van der Waals surface area (Å²) in [5.41, 5.74) is 7.72. The molecule has 7 heteroatoms. The minimum Gasteiger partial charge on any atom is -0.478 e. The third-order valence-electron chi connectivity index (χ3n) is 7.91. The number of carbonyl (C=O) groups excluding carboxylic acids is 1. The van der Waals surface area contributed by atoms with Gasteiger partial charge in [-0.05, 0) is 73.4 Å². The molecular formula is C34H30N2O5.